The molecule has 1 aromatic carbocycles. The monoisotopic (exact) mass is 191 g/mol. The summed E-state index contributed by atoms with van der Waals surface area (Å²) in [6, 6.07) is 8.79. The van der Waals surface area contributed by atoms with Crippen molar-refractivity contribution in [3.8, 4) is 0 Å². The normalized spacial score (nSPS) is 13.6. The molecular formula is C13H21N. The Morgan fingerprint density at radius 3 is 2.07 bits per heavy atom. The first-order valence-electron chi connectivity index (χ1n) is 5.37. The van der Waals surface area contributed by atoms with Gasteiger partial charge in [0.2, 0.25) is 0 Å². The molecule has 0 fully saturated rings. The third kappa shape index (κ3) is 2.58. The van der Waals surface area contributed by atoms with Crippen LogP contribution in [-0.4, -0.2) is 0 Å². The van der Waals surface area contributed by atoms with E-state index in [9.17, 15) is 0 Å². The van der Waals surface area contributed by atoms with Crippen LogP contribution in [0.4, 0.5) is 0 Å². The highest BCUT2D eigenvalue weighted by molar-refractivity contribution is 5.28. The lowest BCUT2D eigenvalue weighted by Gasteiger charge is -2.17. The molecule has 0 radical (unpaired) electrons. The molecule has 0 aliphatic heterocycles. The molecule has 78 valence electrons. The summed E-state index contributed by atoms with van der Waals surface area (Å²) in [5.41, 5.74) is 8.74. The van der Waals surface area contributed by atoms with Crippen LogP contribution < -0.4 is 5.73 Å². The molecule has 0 saturated carbocycles. The summed E-state index contributed by atoms with van der Waals surface area (Å²) >= 11 is 0. The Kier molecular flexibility index (Phi) is 3.70. The van der Waals surface area contributed by atoms with Crippen LogP contribution in [0.3, 0.4) is 0 Å². The van der Waals surface area contributed by atoms with Gasteiger partial charge in [-0.2, -0.15) is 0 Å². The van der Waals surface area contributed by atoms with Crippen LogP contribution in [0.5, 0.6) is 0 Å². The molecule has 0 heterocycles. The first-order chi connectivity index (χ1) is 6.52. The van der Waals surface area contributed by atoms with Crippen molar-refractivity contribution in [2.24, 2.45) is 11.7 Å². The van der Waals surface area contributed by atoms with Gasteiger partial charge in [-0.25, -0.2) is 0 Å². The fourth-order valence-electron chi connectivity index (χ4n) is 1.51. The molecule has 1 atom stereocenters. The highest BCUT2D eigenvalue weighted by Crippen LogP contribution is 2.22. The second-order valence-electron chi connectivity index (χ2n) is 4.59. The van der Waals surface area contributed by atoms with Crippen LogP contribution >= 0.6 is 0 Å². The zero-order chi connectivity index (χ0) is 10.7. The highest BCUT2D eigenvalue weighted by Gasteiger charge is 2.10. The van der Waals surface area contributed by atoms with Gasteiger partial charge in [-0.3, -0.25) is 0 Å². The second kappa shape index (κ2) is 4.61. The average Bonchev–Trinajstić information content (AvgIpc) is 2.16. The maximum absolute atomic E-state index is 6.11. The molecule has 0 amide bonds. The average molecular weight is 191 g/mol. The molecule has 0 aliphatic carbocycles. The maximum Gasteiger partial charge on any atom is 0.0318 e. The van der Waals surface area contributed by atoms with E-state index in [1.165, 1.54) is 11.1 Å². The van der Waals surface area contributed by atoms with Gasteiger partial charge in [0.15, 0.2) is 0 Å². The standard InChI is InChI=1S/C13H21N/c1-9(2)11-6-5-7-12(8-11)13(14)10(3)4/h5-10,13H,14H2,1-4H3. The molecule has 1 heteroatoms. The summed E-state index contributed by atoms with van der Waals surface area (Å²) in [6.07, 6.45) is 0. The zero-order valence-electron chi connectivity index (χ0n) is 9.62. The van der Waals surface area contributed by atoms with Gasteiger partial charge in [-0.1, -0.05) is 52.0 Å². The van der Waals surface area contributed by atoms with Crippen molar-refractivity contribution >= 4 is 0 Å². The Morgan fingerprint density at radius 1 is 1.00 bits per heavy atom. The Balaban J connectivity index is 2.93. The zero-order valence-corrected chi connectivity index (χ0v) is 9.62. The maximum atomic E-state index is 6.11. The van der Waals surface area contributed by atoms with Gasteiger partial charge < -0.3 is 5.73 Å². The number of rotatable bonds is 3. The smallest absolute Gasteiger partial charge is 0.0318 e. The minimum atomic E-state index is 0.161. The minimum Gasteiger partial charge on any atom is -0.324 e. The van der Waals surface area contributed by atoms with Crippen molar-refractivity contribution in [1.82, 2.24) is 0 Å². The van der Waals surface area contributed by atoms with Crippen molar-refractivity contribution in [1.29, 1.82) is 0 Å². The molecule has 0 aromatic heterocycles. The molecule has 1 unspecified atom stereocenters. The quantitative estimate of drug-likeness (QED) is 0.778. The van der Waals surface area contributed by atoms with Gasteiger partial charge in [0.25, 0.3) is 0 Å². The Bertz CT molecular complexity index is 289. The van der Waals surface area contributed by atoms with Crippen LogP contribution in [-0.2, 0) is 0 Å². The van der Waals surface area contributed by atoms with E-state index >= 15 is 0 Å². The van der Waals surface area contributed by atoms with Gasteiger partial charge in [0.05, 0.1) is 0 Å². The van der Waals surface area contributed by atoms with Gasteiger partial charge in [-0.05, 0) is 23.0 Å². The van der Waals surface area contributed by atoms with E-state index in [4.69, 9.17) is 5.73 Å². The van der Waals surface area contributed by atoms with Crippen LogP contribution in [0.2, 0.25) is 0 Å². The van der Waals surface area contributed by atoms with E-state index in [0.29, 0.717) is 11.8 Å². The summed E-state index contributed by atoms with van der Waals surface area (Å²) < 4.78 is 0. The molecule has 0 spiro atoms. The van der Waals surface area contributed by atoms with Crippen molar-refractivity contribution in [2.45, 2.75) is 39.7 Å². The lowest BCUT2D eigenvalue weighted by Crippen LogP contribution is -2.16. The summed E-state index contributed by atoms with van der Waals surface area (Å²) in [7, 11) is 0. The Morgan fingerprint density at radius 2 is 1.57 bits per heavy atom. The van der Waals surface area contributed by atoms with Crippen molar-refractivity contribution in [3.63, 3.8) is 0 Å². The predicted octanol–water partition coefficient (Wildman–Crippen LogP) is 3.47. The highest BCUT2D eigenvalue weighted by atomic mass is 14.6. The lowest BCUT2D eigenvalue weighted by atomic mass is 9.93. The first kappa shape index (κ1) is 11.3. The van der Waals surface area contributed by atoms with Crippen LogP contribution in [0.15, 0.2) is 24.3 Å². The van der Waals surface area contributed by atoms with Gasteiger partial charge in [0, 0.05) is 6.04 Å². The number of hydrogen-bond donors (Lipinski definition) is 1. The first-order valence-corrected chi connectivity index (χ1v) is 5.37. The minimum absolute atomic E-state index is 0.161. The van der Waals surface area contributed by atoms with Gasteiger partial charge in [-0.15, -0.1) is 0 Å². The van der Waals surface area contributed by atoms with E-state index < -0.39 is 0 Å². The summed E-state index contributed by atoms with van der Waals surface area (Å²) in [4.78, 5) is 0. The fourth-order valence-corrected chi connectivity index (χ4v) is 1.51. The number of benzene rings is 1. The summed E-state index contributed by atoms with van der Waals surface area (Å²) in [6.45, 7) is 8.74. The Labute approximate surface area is 87.3 Å². The van der Waals surface area contributed by atoms with Gasteiger partial charge >= 0.3 is 0 Å². The van der Waals surface area contributed by atoms with E-state index in [0.717, 1.165) is 0 Å². The molecule has 1 aromatic rings. The third-order valence-corrected chi connectivity index (χ3v) is 2.68. The summed E-state index contributed by atoms with van der Waals surface area (Å²) in [5.74, 6) is 1.08. The van der Waals surface area contributed by atoms with E-state index in [1.54, 1.807) is 0 Å². The predicted molar refractivity (Wildman–Crippen MR) is 62.3 cm³/mol. The molecule has 1 rings (SSSR count). The van der Waals surface area contributed by atoms with Crippen molar-refractivity contribution in [2.75, 3.05) is 0 Å². The second-order valence-corrected chi connectivity index (χ2v) is 4.59. The molecule has 14 heavy (non-hydrogen) atoms. The Hall–Kier alpha value is -0.820. The number of nitrogens with two attached hydrogens (primary N) is 1. The van der Waals surface area contributed by atoms with Crippen LogP contribution in [0.25, 0.3) is 0 Å². The summed E-state index contributed by atoms with van der Waals surface area (Å²) in [5, 5.41) is 0. The number of hydrogen-bond acceptors (Lipinski definition) is 1. The SMILES string of the molecule is CC(C)c1cccc(C(N)C(C)C)c1. The lowest BCUT2D eigenvalue weighted by molar-refractivity contribution is 0.513. The molecule has 0 saturated heterocycles. The third-order valence-electron chi connectivity index (χ3n) is 2.68. The van der Waals surface area contributed by atoms with E-state index in [2.05, 4.69) is 52.0 Å². The van der Waals surface area contributed by atoms with Crippen molar-refractivity contribution in [3.05, 3.63) is 35.4 Å². The van der Waals surface area contributed by atoms with Crippen molar-refractivity contribution < 1.29 is 0 Å². The van der Waals surface area contributed by atoms with Gasteiger partial charge in [0.1, 0.15) is 0 Å². The van der Waals surface area contributed by atoms with Crippen LogP contribution in [0.1, 0.15) is 50.8 Å². The molecule has 1 nitrogen and oxygen atoms in total. The molecular weight excluding hydrogens is 170 g/mol. The fraction of sp³-hybridized carbons (Fsp3) is 0.538. The topological polar surface area (TPSA) is 26.0 Å². The van der Waals surface area contributed by atoms with E-state index in [1.807, 2.05) is 0 Å². The van der Waals surface area contributed by atoms with Crippen LogP contribution in [0, 0.1) is 5.92 Å². The molecule has 0 aliphatic rings. The largest absolute Gasteiger partial charge is 0.324 e. The van der Waals surface area contributed by atoms with E-state index in [-0.39, 0.29) is 6.04 Å². The molecule has 0 bridgehead atoms. The molecule has 2 N–H and O–H groups in total.